The second kappa shape index (κ2) is 16.4. The molecule has 10 nitrogen and oxygen atoms in total. The lowest BCUT2D eigenvalue weighted by Crippen LogP contribution is -2.05. The van der Waals surface area contributed by atoms with E-state index in [2.05, 4.69) is 44.2 Å². The fourth-order valence-electron chi connectivity index (χ4n) is 4.54. The maximum Gasteiger partial charge on any atom is 0.530 e. The van der Waals surface area contributed by atoms with Crippen LogP contribution in [0.2, 0.25) is 0 Å². The van der Waals surface area contributed by atoms with Crippen molar-refractivity contribution in [1.82, 2.24) is 19.9 Å². The summed E-state index contributed by atoms with van der Waals surface area (Å²) in [7, 11) is -3.94. The molecule has 0 aliphatic carbocycles. The van der Waals surface area contributed by atoms with Gasteiger partial charge >= 0.3 is 17.2 Å². The molecule has 0 fully saturated rings. The first-order valence-corrected chi connectivity index (χ1v) is 18.1. The summed E-state index contributed by atoms with van der Waals surface area (Å²) in [5.41, 5.74) is 3.95. The molecule has 2 aromatic carbocycles. The largest absolute Gasteiger partial charge is 0.530 e. The molecule has 0 bridgehead atoms. The molecule has 0 radical (unpaired) electrons. The van der Waals surface area contributed by atoms with E-state index in [1.165, 1.54) is 11.8 Å². The molecule has 13 heteroatoms. The number of aromatic nitrogens is 4. The molecule has 6 rings (SSSR count). The Morgan fingerprint density at radius 2 is 0.776 bits per heavy atom. The summed E-state index contributed by atoms with van der Waals surface area (Å²) in [5, 5.41) is 0. The molecule has 6 aromatic rings. The first kappa shape index (κ1) is 33.9. The van der Waals surface area contributed by atoms with E-state index in [0.29, 0.717) is 34.5 Å². The first-order valence-electron chi connectivity index (χ1n) is 15.1. The van der Waals surface area contributed by atoms with Crippen molar-refractivity contribution in [3.05, 3.63) is 145 Å². The average Bonchev–Trinajstić information content (AvgIpc) is 3.09. The van der Waals surface area contributed by atoms with Gasteiger partial charge in [-0.05, 0) is 111 Å². The molecule has 4 heterocycles. The molecule has 248 valence electrons. The quantitative estimate of drug-likeness (QED) is 0.101. The van der Waals surface area contributed by atoms with Crippen LogP contribution in [0.4, 0.5) is 0 Å². The van der Waals surface area contributed by atoms with Crippen molar-refractivity contribution in [1.29, 1.82) is 0 Å². The Bertz CT molecular complexity index is 1740. The fourth-order valence-corrected chi connectivity index (χ4v) is 8.11. The van der Waals surface area contributed by atoms with Gasteiger partial charge in [-0.2, -0.15) is 0 Å². The Balaban J connectivity index is 1.34. The number of rotatable bonds is 14. The minimum absolute atomic E-state index is 0.511. The zero-order valence-electron chi connectivity index (χ0n) is 27.1. The SMILES string of the molecule is Cc1cc(C)c(OP(Oc2cccnc2)Oc2cccnc2)c(Sc2cc(C)cc(C)c2OP(Oc2cccnc2)Oc2cccnc2)c1. The maximum absolute atomic E-state index is 6.59. The predicted molar refractivity (Wildman–Crippen MR) is 191 cm³/mol. The molecular formula is C36H32N4O6P2S. The molecule has 0 aliphatic rings. The normalized spacial score (nSPS) is 10.9. The summed E-state index contributed by atoms with van der Waals surface area (Å²) in [6.45, 7) is 8.08. The van der Waals surface area contributed by atoms with Crippen LogP contribution in [0.15, 0.2) is 132 Å². The Kier molecular flexibility index (Phi) is 11.4. The highest BCUT2D eigenvalue weighted by molar-refractivity contribution is 7.99. The summed E-state index contributed by atoms with van der Waals surface area (Å²) < 4.78 is 38.0. The average molecular weight is 711 g/mol. The third-order valence-corrected chi connectivity index (χ3v) is 9.73. The van der Waals surface area contributed by atoms with E-state index in [1.54, 1.807) is 98.1 Å². The molecule has 0 spiro atoms. The van der Waals surface area contributed by atoms with E-state index in [9.17, 15) is 0 Å². The molecule has 0 N–H and O–H groups in total. The van der Waals surface area contributed by atoms with Gasteiger partial charge in [0.2, 0.25) is 0 Å². The summed E-state index contributed by atoms with van der Waals surface area (Å²) in [6.07, 6.45) is 13.2. The number of nitrogens with zero attached hydrogens (tertiary/aromatic N) is 4. The molecule has 0 saturated heterocycles. The van der Waals surface area contributed by atoms with Gasteiger partial charge in [0.1, 0.15) is 34.5 Å². The molecular weight excluding hydrogens is 678 g/mol. The number of benzene rings is 2. The van der Waals surface area contributed by atoms with Gasteiger partial charge in [-0.3, -0.25) is 19.9 Å². The van der Waals surface area contributed by atoms with Crippen LogP contribution in [0.25, 0.3) is 0 Å². The zero-order valence-corrected chi connectivity index (χ0v) is 29.7. The van der Waals surface area contributed by atoms with E-state index in [4.69, 9.17) is 27.1 Å². The Hall–Kier alpha value is -4.95. The van der Waals surface area contributed by atoms with E-state index >= 15 is 0 Å². The van der Waals surface area contributed by atoms with Crippen molar-refractivity contribution in [3.8, 4) is 34.5 Å². The van der Waals surface area contributed by atoms with Gasteiger partial charge in [0.05, 0.1) is 34.6 Å². The zero-order chi connectivity index (χ0) is 34.0. The molecule has 0 saturated carbocycles. The predicted octanol–water partition coefficient (Wildman–Crippen LogP) is 10.2. The molecule has 0 unspecified atom stereocenters. The van der Waals surface area contributed by atoms with Crippen LogP contribution in [0.5, 0.6) is 34.5 Å². The fraction of sp³-hybridized carbons (Fsp3) is 0.111. The smallest absolute Gasteiger partial charge is 0.407 e. The van der Waals surface area contributed by atoms with E-state index in [0.717, 1.165) is 32.0 Å². The second-order valence-electron chi connectivity index (χ2n) is 10.7. The van der Waals surface area contributed by atoms with Crippen molar-refractivity contribution < 1.29 is 27.1 Å². The van der Waals surface area contributed by atoms with E-state index in [1.807, 2.05) is 27.7 Å². The van der Waals surface area contributed by atoms with Crippen LogP contribution in [0.1, 0.15) is 22.3 Å². The molecule has 0 amide bonds. The van der Waals surface area contributed by atoms with Gasteiger partial charge in [0.25, 0.3) is 0 Å². The molecule has 0 aliphatic heterocycles. The van der Waals surface area contributed by atoms with Crippen LogP contribution in [-0.4, -0.2) is 19.9 Å². The van der Waals surface area contributed by atoms with Crippen molar-refractivity contribution in [2.24, 2.45) is 0 Å². The van der Waals surface area contributed by atoms with Gasteiger partial charge in [0.15, 0.2) is 0 Å². The number of hydrogen-bond donors (Lipinski definition) is 0. The third-order valence-electron chi connectivity index (χ3n) is 6.58. The molecule has 0 atom stereocenters. The van der Waals surface area contributed by atoms with Gasteiger partial charge in [-0.1, -0.05) is 23.9 Å². The van der Waals surface area contributed by atoms with Crippen molar-refractivity contribution in [2.75, 3.05) is 0 Å². The van der Waals surface area contributed by atoms with Crippen LogP contribution in [0.3, 0.4) is 0 Å². The Morgan fingerprint density at radius 3 is 1.06 bits per heavy atom. The Labute approximate surface area is 291 Å². The molecule has 49 heavy (non-hydrogen) atoms. The second-order valence-corrected chi connectivity index (χ2v) is 13.7. The number of aryl methyl sites for hydroxylation is 4. The summed E-state index contributed by atoms with van der Waals surface area (Å²) in [4.78, 5) is 18.4. The van der Waals surface area contributed by atoms with Gasteiger partial charge in [-0.25, -0.2) is 0 Å². The lowest BCUT2D eigenvalue weighted by Gasteiger charge is -2.22. The lowest BCUT2D eigenvalue weighted by atomic mass is 10.1. The van der Waals surface area contributed by atoms with Crippen LogP contribution in [-0.2, 0) is 0 Å². The van der Waals surface area contributed by atoms with Crippen molar-refractivity contribution in [2.45, 2.75) is 37.5 Å². The van der Waals surface area contributed by atoms with Crippen LogP contribution >= 0.6 is 29.0 Å². The van der Waals surface area contributed by atoms with Crippen LogP contribution < -0.4 is 27.1 Å². The van der Waals surface area contributed by atoms with Crippen LogP contribution in [0, 0.1) is 27.7 Å². The minimum atomic E-state index is -1.97. The highest BCUT2D eigenvalue weighted by Crippen LogP contribution is 2.51. The third kappa shape index (κ3) is 9.57. The maximum atomic E-state index is 6.59. The lowest BCUT2D eigenvalue weighted by molar-refractivity contribution is 0.382. The molecule has 4 aromatic heterocycles. The van der Waals surface area contributed by atoms with Gasteiger partial charge < -0.3 is 27.1 Å². The Morgan fingerprint density at radius 1 is 0.449 bits per heavy atom. The van der Waals surface area contributed by atoms with E-state index in [-0.39, 0.29) is 0 Å². The monoisotopic (exact) mass is 710 g/mol. The summed E-state index contributed by atoms with van der Waals surface area (Å²) >= 11 is 1.51. The minimum Gasteiger partial charge on any atom is -0.407 e. The topological polar surface area (TPSA) is 107 Å². The standard InChI is InChI=1S/C36H32N4O6P2S/c1-25-17-27(3)35(45-47(41-29-9-5-13-37-21-29)42-30-10-6-14-38-22-30)33(19-25)49-34-20-26(2)18-28(4)36(34)46-48(43-31-11-7-15-39-23-31)44-32-12-8-16-40-24-32/h5-24H,1-4H3. The summed E-state index contributed by atoms with van der Waals surface area (Å²) in [6, 6.07) is 22.6. The van der Waals surface area contributed by atoms with Gasteiger partial charge in [-0.15, -0.1) is 0 Å². The number of pyridine rings is 4. The van der Waals surface area contributed by atoms with Gasteiger partial charge in [0, 0.05) is 24.8 Å². The van der Waals surface area contributed by atoms with E-state index < -0.39 is 17.2 Å². The number of hydrogen-bond acceptors (Lipinski definition) is 11. The first-order chi connectivity index (χ1) is 23.9. The summed E-state index contributed by atoms with van der Waals surface area (Å²) in [5.74, 6) is 3.27. The van der Waals surface area contributed by atoms with Crippen molar-refractivity contribution in [3.63, 3.8) is 0 Å². The highest BCUT2D eigenvalue weighted by atomic mass is 32.2. The highest BCUT2D eigenvalue weighted by Gasteiger charge is 2.27. The van der Waals surface area contributed by atoms with Crippen molar-refractivity contribution >= 4 is 29.0 Å².